The average Bonchev–Trinajstić information content (AvgIpc) is 3.37. The largest absolute Gasteiger partial charge is 0.508 e. The minimum absolute atomic E-state index is 0.0899. The number of carbonyl (C=O) groups is 4. The van der Waals surface area contributed by atoms with Gasteiger partial charge in [-0.05, 0) is 36.8 Å². The van der Waals surface area contributed by atoms with Gasteiger partial charge in [0.15, 0.2) is 6.04 Å². The Hall–Kier alpha value is -5.38. The summed E-state index contributed by atoms with van der Waals surface area (Å²) in [4.78, 5) is 48.2. The fourth-order valence-corrected chi connectivity index (χ4v) is 5.60. The SMILES string of the molecule is CCOC(=O)c1cc(NC(=O)/[N+](=C2/CCC[N+](C)(Cc3cccc(O)c3)C2)[C@@H](Cc2ccc(O)cc2)C(N)=O)cn1C.O=C(O)C(F)(F)F. The number of nitrogens with one attached hydrogen (secondary N) is 1. The number of hydrogen-bond donors (Lipinski definition) is 5. The highest BCUT2D eigenvalue weighted by atomic mass is 19.4. The van der Waals surface area contributed by atoms with Crippen molar-refractivity contribution in [3.05, 3.63) is 77.6 Å². The van der Waals surface area contributed by atoms with Crippen molar-refractivity contribution >= 4 is 35.3 Å². The molecule has 1 unspecified atom stereocenters. The summed E-state index contributed by atoms with van der Waals surface area (Å²) in [6.45, 7) is 3.87. The Morgan fingerprint density at radius 1 is 1.06 bits per heavy atom. The van der Waals surface area contributed by atoms with Crippen molar-refractivity contribution in [1.82, 2.24) is 4.57 Å². The van der Waals surface area contributed by atoms with Crippen molar-refractivity contribution in [3.8, 4) is 11.5 Å². The van der Waals surface area contributed by atoms with Gasteiger partial charge in [-0.25, -0.2) is 14.9 Å². The summed E-state index contributed by atoms with van der Waals surface area (Å²) in [5, 5.41) is 29.7. The number of aliphatic carboxylic acids is 1. The van der Waals surface area contributed by atoms with E-state index < -0.39 is 36.1 Å². The second-order valence-corrected chi connectivity index (χ2v) is 11.8. The molecule has 0 bridgehead atoms. The number of hydrogen-bond acceptors (Lipinski definition) is 7. The van der Waals surface area contributed by atoms with E-state index >= 15 is 0 Å². The number of urea groups is 1. The molecule has 2 aromatic carbocycles. The molecular weight excluding hydrogens is 651 g/mol. The summed E-state index contributed by atoms with van der Waals surface area (Å²) >= 11 is 0. The molecule has 1 fully saturated rings. The Morgan fingerprint density at radius 3 is 2.29 bits per heavy atom. The molecule has 3 amide bonds. The van der Waals surface area contributed by atoms with Crippen molar-refractivity contribution in [2.75, 3.05) is 32.1 Å². The Morgan fingerprint density at radius 2 is 1.71 bits per heavy atom. The standard InChI is InChI=1S/C31H37N5O6.C2HF3O2/c1-4-42-30(40)28-17-23(18-34(28)2)33-31(41)35(27(29(32)39)16-21-10-12-25(37)13-11-21)24-8-6-14-36(3,20-24)19-22-7-5-9-26(38)15-22;3-2(4,5)1(6)7/h5,7,9-13,15,17-18,27H,4,6,8,14,16,19-20H2,1-3H3,(H3-2,32,33,37,38,39,41);(H,6,7)/p+2/b35-24-;/t27-,36?;/m0./s1. The number of halogens is 3. The lowest BCUT2D eigenvalue weighted by molar-refractivity contribution is -0.918. The maximum Gasteiger partial charge on any atom is 0.497 e. The Labute approximate surface area is 280 Å². The van der Waals surface area contributed by atoms with Gasteiger partial charge < -0.3 is 34.8 Å². The number of carboxylic acid groups (broad SMARTS) is 1. The molecule has 1 saturated heterocycles. The maximum absolute atomic E-state index is 14.0. The van der Waals surface area contributed by atoms with Gasteiger partial charge >= 0.3 is 24.1 Å². The number of piperidine rings is 1. The number of likely N-dealkylation sites (tertiary alicyclic amines) is 1. The number of rotatable bonds is 9. The number of benzene rings is 2. The second-order valence-electron chi connectivity index (χ2n) is 11.8. The van der Waals surface area contributed by atoms with Gasteiger partial charge in [0.25, 0.3) is 5.91 Å². The van der Waals surface area contributed by atoms with E-state index in [9.17, 15) is 37.8 Å². The van der Waals surface area contributed by atoms with Crippen molar-refractivity contribution in [2.24, 2.45) is 12.8 Å². The van der Waals surface area contributed by atoms with Crippen LogP contribution in [0, 0.1) is 0 Å². The van der Waals surface area contributed by atoms with E-state index in [1.807, 2.05) is 6.07 Å². The van der Waals surface area contributed by atoms with Crippen LogP contribution in [0.25, 0.3) is 0 Å². The number of phenols is 2. The smallest absolute Gasteiger partial charge is 0.497 e. The third-order valence-electron chi connectivity index (χ3n) is 7.75. The first kappa shape index (κ1) is 38.1. The molecule has 1 aliphatic heterocycles. The predicted molar refractivity (Wildman–Crippen MR) is 171 cm³/mol. The van der Waals surface area contributed by atoms with Crippen LogP contribution < -0.4 is 11.1 Å². The number of aromatic nitrogens is 1. The minimum Gasteiger partial charge on any atom is -0.508 e. The van der Waals surface area contributed by atoms with Crippen LogP contribution in [-0.2, 0) is 34.3 Å². The zero-order chi connectivity index (χ0) is 36.5. The highest BCUT2D eigenvalue weighted by Gasteiger charge is 2.40. The molecule has 49 heavy (non-hydrogen) atoms. The molecule has 0 saturated carbocycles. The van der Waals surface area contributed by atoms with Gasteiger partial charge in [-0.15, -0.1) is 0 Å². The van der Waals surface area contributed by atoms with Crippen LogP contribution in [0.15, 0.2) is 60.8 Å². The fraction of sp³-hybridized carbons (Fsp3) is 0.364. The quantitative estimate of drug-likeness (QED) is 0.128. The Balaban J connectivity index is 0.000000838. The third kappa shape index (κ3) is 10.8. The highest BCUT2D eigenvalue weighted by molar-refractivity contribution is 5.95. The van der Waals surface area contributed by atoms with Crippen LogP contribution in [-0.4, -0.2) is 97.5 Å². The fourth-order valence-electron chi connectivity index (χ4n) is 5.60. The molecule has 16 heteroatoms. The number of nitrogens with zero attached hydrogens (tertiary/aromatic N) is 3. The number of aromatic hydroxyl groups is 2. The summed E-state index contributed by atoms with van der Waals surface area (Å²) in [6.07, 6.45) is -1.97. The van der Waals surface area contributed by atoms with Crippen LogP contribution in [0.3, 0.4) is 0 Å². The number of anilines is 1. The number of alkyl halides is 3. The van der Waals surface area contributed by atoms with Gasteiger partial charge in [-0.3, -0.25) is 4.79 Å². The highest BCUT2D eigenvalue weighted by Crippen LogP contribution is 2.23. The average molecular weight is 692 g/mol. The predicted octanol–water partition coefficient (Wildman–Crippen LogP) is 3.77. The van der Waals surface area contributed by atoms with E-state index in [0.29, 0.717) is 29.7 Å². The molecule has 0 aliphatic carbocycles. The molecule has 3 aromatic rings. The number of primary amides is 1. The van der Waals surface area contributed by atoms with E-state index in [0.717, 1.165) is 29.8 Å². The number of amides is 3. The van der Waals surface area contributed by atoms with Crippen LogP contribution in [0.4, 0.5) is 23.7 Å². The van der Waals surface area contributed by atoms with Crippen molar-refractivity contribution in [3.63, 3.8) is 0 Å². The molecule has 6 N–H and O–H groups in total. The molecule has 13 nitrogen and oxygen atoms in total. The molecule has 0 spiro atoms. The Bertz CT molecular complexity index is 1700. The molecule has 1 aliphatic rings. The number of quaternary nitrogens is 1. The summed E-state index contributed by atoms with van der Waals surface area (Å²) in [5.41, 5.74) is 9.03. The van der Waals surface area contributed by atoms with Crippen molar-refractivity contribution in [2.45, 2.75) is 44.9 Å². The molecule has 4 rings (SSSR count). The van der Waals surface area contributed by atoms with E-state index in [-0.39, 0.29) is 30.2 Å². The third-order valence-corrected chi connectivity index (χ3v) is 7.75. The van der Waals surface area contributed by atoms with Gasteiger partial charge in [-0.2, -0.15) is 22.5 Å². The molecule has 1 aromatic heterocycles. The topological polar surface area (TPSA) is 184 Å². The number of aryl methyl sites for hydroxylation is 1. The van der Waals surface area contributed by atoms with Gasteiger partial charge in [0, 0.05) is 37.9 Å². The van der Waals surface area contributed by atoms with Crippen LogP contribution >= 0.6 is 0 Å². The van der Waals surface area contributed by atoms with Crippen LogP contribution in [0.5, 0.6) is 11.5 Å². The van der Waals surface area contributed by atoms with Gasteiger partial charge in [0.2, 0.25) is 0 Å². The first-order valence-corrected chi connectivity index (χ1v) is 15.2. The van der Waals surface area contributed by atoms with Gasteiger partial charge in [-0.1, -0.05) is 24.3 Å². The first-order valence-electron chi connectivity index (χ1n) is 15.2. The number of carboxylic acids is 1. The minimum atomic E-state index is -5.08. The molecule has 2 atom stereocenters. The summed E-state index contributed by atoms with van der Waals surface area (Å²) in [6, 6.07) is 13.5. The molecule has 2 heterocycles. The van der Waals surface area contributed by atoms with Gasteiger partial charge in [0.05, 0.1) is 26.4 Å². The van der Waals surface area contributed by atoms with Crippen molar-refractivity contribution < 1.29 is 61.5 Å². The zero-order valence-electron chi connectivity index (χ0n) is 27.2. The van der Waals surface area contributed by atoms with Gasteiger partial charge in [0.1, 0.15) is 41.7 Å². The van der Waals surface area contributed by atoms with Crippen LogP contribution in [0.2, 0.25) is 0 Å². The number of esters is 1. The molecule has 0 radical (unpaired) electrons. The zero-order valence-corrected chi connectivity index (χ0v) is 27.2. The first-order chi connectivity index (χ1) is 22.9. The number of nitrogens with two attached hydrogens (primary N) is 1. The maximum atomic E-state index is 14.0. The van der Waals surface area contributed by atoms with Crippen LogP contribution in [0.1, 0.15) is 41.4 Å². The lowest BCUT2D eigenvalue weighted by Crippen LogP contribution is -2.56. The summed E-state index contributed by atoms with van der Waals surface area (Å²) < 4.78 is 40.4. The van der Waals surface area contributed by atoms with E-state index in [2.05, 4.69) is 12.4 Å². The van der Waals surface area contributed by atoms with E-state index in [1.165, 1.54) is 22.8 Å². The molecule has 264 valence electrons. The molecular formula is C33H40F3N5O8+2. The van der Waals surface area contributed by atoms with E-state index in [4.69, 9.17) is 20.4 Å². The summed E-state index contributed by atoms with van der Waals surface area (Å²) in [7, 11) is 3.76. The Kier molecular flexibility index (Phi) is 12.5. The summed E-state index contributed by atoms with van der Waals surface area (Å²) in [5.74, 6) is -3.66. The lowest BCUT2D eigenvalue weighted by atomic mass is 10.0. The normalized spacial score (nSPS) is 17.6. The monoisotopic (exact) mass is 691 g/mol. The number of ether oxygens (including phenoxy) is 1. The number of phenolic OH excluding ortho intramolecular Hbond substituents is 2. The lowest BCUT2D eigenvalue weighted by Gasteiger charge is -2.38. The number of carbonyl (C=O) groups excluding carboxylic acids is 3. The second kappa shape index (κ2) is 16.1. The van der Waals surface area contributed by atoms with Crippen molar-refractivity contribution in [1.29, 1.82) is 0 Å². The van der Waals surface area contributed by atoms with E-state index in [1.54, 1.807) is 55.1 Å².